The lowest BCUT2D eigenvalue weighted by atomic mass is 9.83. The Bertz CT molecular complexity index is 1880. The van der Waals surface area contributed by atoms with Gasteiger partial charge in [-0.25, -0.2) is 0 Å². The van der Waals surface area contributed by atoms with E-state index in [4.69, 9.17) is 0 Å². The van der Waals surface area contributed by atoms with E-state index in [0.29, 0.717) is 11.8 Å². The molecule has 0 radical (unpaired) electrons. The lowest BCUT2D eigenvalue weighted by Gasteiger charge is -2.39. The number of allylic oxidation sites excluding steroid dienone is 1. The highest BCUT2D eigenvalue weighted by atomic mass is 15.2. The smallest absolute Gasteiger partial charge is 0.0619 e. The Kier molecular flexibility index (Phi) is 7.67. The number of hydrogen-bond donors (Lipinski definition) is 0. The zero-order chi connectivity index (χ0) is 31.1. The Morgan fingerprint density at radius 2 is 0.867 bits per heavy atom. The van der Waals surface area contributed by atoms with Gasteiger partial charge >= 0.3 is 0 Å². The monoisotopic (exact) mass is 586 g/mol. The summed E-state index contributed by atoms with van der Waals surface area (Å²) >= 11 is 0. The van der Waals surface area contributed by atoms with Crippen LogP contribution < -0.4 is 9.80 Å². The maximum Gasteiger partial charge on any atom is 0.0619 e. The average Bonchev–Trinajstić information content (AvgIpc) is 3.06. The van der Waals surface area contributed by atoms with Crippen molar-refractivity contribution in [3.63, 3.8) is 0 Å². The van der Waals surface area contributed by atoms with E-state index in [0.717, 1.165) is 17.8 Å². The molecule has 6 aromatic carbocycles. The lowest BCUT2D eigenvalue weighted by molar-refractivity contribution is 0.388. The van der Waals surface area contributed by atoms with Crippen LogP contribution in [0.4, 0.5) is 28.4 Å². The minimum atomic E-state index is 0.252. The first-order valence-electron chi connectivity index (χ1n) is 16.3. The van der Waals surface area contributed by atoms with E-state index >= 15 is 0 Å². The van der Waals surface area contributed by atoms with Gasteiger partial charge < -0.3 is 9.80 Å². The number of nitrogens with zero attached hydrogens (tertiary/aromatic N) is 2. The first-order chi connectivity index (χ1) is 21.9. The molecular formula is C43H42N2. The van der Waals surface area contributed by atoms with Gasteiger partial charge in [0.25, 0.3) is 0 Å². The summed E-state index contributed by atoms with van der Waals surface area (Å²) in [5.74, 6) is 1.18. The first-order valence-corrected chi connectivity index (χ1v) is 16.3. The highest BCUT2D eigenvalue weighted by Gasteiger charge is 2.30. The summed E-state index contributed by atoms with van der Waals surface area (Å²) < 4.78 is 0. The quantitative estimate of drug-likeness (QED) is 0.109. The maximum absolute atomic E-state index is 2.62. The third-order valence-corrected chi connectivity index (χ3v) is 9.71. The zero-order valence-electron chi connectivity index (χ0n) is 27.0. The summed E-state index contributed by atoms with van der Waals surface area (Å²) in [4.78, 5) is 5.07. The van der Waals surface area contributed by atoms with Gasteiger partial charge in [0.15, 0.2) is 0 Å². The van der Waals surface area contributed by atoms with Crippen molar-refractivity contribution < 1.29 is 0 Å². The Hall–Kier alpha value is -4.82. The number of rotatable bonds is 6. The molecule has 0 heterocycles. The number of benzene rings is 6. The molecule has 0 bridgehead atoms. The number of hydrogen-bond acceptors (Lipinski definition) is 2. The molecule has 2 nitrogen and oxygen atoms in total. The molecule has 224 valence electrons. The van der Waals surface area contributed by atoms with Gasteiger partial charge in [-0.3, -0.25) is 0 Å². The molecule has 3 atom stereocenters. The fraction of sp³-hybridized carbons (Fsp3) is 0.209. The Morgan fingerprint density at radius 3 is 1.29 bits per heavy atom. The summed E-state index contributed by atoms with van der Waals surface area (Å²) in [5, 5.41) is 5.00. The van der Waals surface area contributed by atoms with Gasteiger partial charge in [-0.15, -0.1) is 0 Å². The second-order valence-electron chi connectivity index (χ2n) is 13.0. The standard InChI is InChI=1S/C43H42N2/c1-29-14-21-34(22-15-29)44(35-23-16-30(2)17-24-35)42-38-10-6-8-12-40(38)43(41-13-9-7-11-39(41)42)45(36-25-18-31(3)19-26-36)37-27-20-32(4)33(5)28-37/h6-27,32-33,37H,28H2,1-5H3. The SMILES string of the molecule is Cc1ccc(N(c2ccc(C)cc2)c2c3ccccc3c(N(c3ccc(C)cc3)C3C=CC(C)C(C)C3)c3ccccc23)cc1. The molecule has 3 unspecified atom stereocenters. The van der Waals surface area contributed by atoms with Crippen LogP contribution in [-0.2, 0) is 0 Å². The van der Waals surface area contributed by atoms with Crippen LogP contribution in [0.2, 0.25) is 0 Å². The summed E-state index contributed by atoms with van der Waals surface area (Å²) in [5.41, 5.74) is 9.81. The Morgan fingerprint density at radius 1 is 0.467 bits per heavy atom. The van der Waals surface area contributed by atoms with Crippen molar-refractivity contribution in [3.05, 3.63) is 150 Å². The third kappa shape index (κ3) is 5.40. The summed E-state index contributed by atoms with van der Waals surface area (Å²) in [7, 11) is 0. The molecule has 1 aliphatic rings. The normalized spacial score (nSPS) is 17.9. The number of anilines is 5. The molecule has 0 saturated carbocycles. The van der Waals surface area contributed by atoms with Crippen molar-refractivity contribution in [2.75, 3.05) is 9.80 Å². The maximum atomic E-state index is 2.62. The van der Waals surface area contributed by atoms with E-state index in [1.807, 2.05) is 0 Å². The van der Waals surface area contributed by atoms with E-state index in [9.17, 15) is 0 Å². The molecule has 0 saturated heterocycles. The highest BCUT2D eigenvalue weighted by Crippen LogP contribution is 2.50. The molecule has 0 aliphatic heterocycles. The molecular weight excluding hydrogens is 544 g/mol. The third-order valence-electron chi connectivity index (χ3n) is 9.71. The molecule has 7 rings (SSSR count). The van der Waals surface area contributed by atoms with Gasteiger partial charge in [0, 0.05) is 38.6 Å². The number of fused-ring (bicyclic) bond motifs is 2. The van der Waals surface area contributed by atoms with Gasteiger partial charge in [0.05, 0.1) is 17.4 Å². The average molecular weight is 587 g/mol. The Balaban J connectivity index is 1.57. The predicted octanol–water partition coefficient (Wildman–Crippen LogP) is 12.1. The van der Waals surface area contributed by atoms with Crippen molar-refractivity contribution in [1.82, 2.24) is 0 Å². The minimum absolute atomic E-state index is 0.252. The largest absolute Gasteiger partial charge is 0.333 e. The molecule has 6 aromatic rings. The van der Waals surface area contributed by atoms with Crippen LogP contribution in [0, 0.1) is 32.6 Å². The van der Waals surface area contributed by atoms with Crippen LogP contribution in [0.5, 0.6) is 0 Å². The van der Waals surface area contributed by atoms with Crippen molar-refractivity contribution in [1.29, 1.82) is 0 Å². The van der Waals surface area contributed by atoms with Crippen molar-refractivity contribution in [2.45, 2.75) is 47.1 Å². The molecule has 45 heavy (non-hydrogen) atoms. The van der Waals surface area contributed by atoms with Gasteiger partial charge in [-0.2, -0.15) is 0 Å². The van der Waals surface area contributed by atoms with E-state index in [-0.39, 0.29) is 6.04 Å². The van der Waals surface area contributed by atoms with Crippen LogP contribution in [0.15, 0.2) is 133 Å². The second-order valence-corrected chi connectivity index (χ2v) is 13.0. The van der Waals surface area contributed by atoms with Gasteiger partial charge in [0.1, 0.15) is 0 Å². The van der Waals surface area contributed by atoms with Crippen molar-refractivity contribution >= 4 is 50.0 Å². The van der Waals surface area contributed by atoms with Crippen LogP contribution in [0.25, 0.3) is 21.5 Å². The molecule has 0 amide bonds. The molecule has 2 heteroatoms. The van der Waals surface area contributed by atoms with Gasteiger partial charge in [-0.05, 0) is 75.4 Å². The molecule has 0 spiro atoms. The predicted molar refractivity (Wildman–Crippen MR) is 195 cm³/mol. The van der Waals surface area contributed by atoms with Crippen LogP contribution >= 0.6 is 0 Å². The van der Waals surface area contributed by atoms with Crippen LogP contribution in [-0.4, -0.2) is 6.04 Å². The topological polar surface area (TPSA) is 6.48 Å². The fourth-order valence-electron chi connectivity index (χ4n) is 6.93. The van der Waals surface area contributed by atoms with Crippen molar-refractivity contribution in [3.8, 4) is 0 Å². The lowest BCUT2D eigenvalue weighted by Crippen LogP contribution is -2.35. The summed E-state index contributed by atoms with van der Waals surface area (Å²) in [6.45, 7) is 11.2. The molecule has 1 aliphatic carbocycles. The van der Waals surface area contributed by atoms with E-state index in [2.05, 4.69) is 178 Å². The van der Waals surface area contributed by atoms with E-state index in [1.54, 1.807) is 0 Å². The molecule has 0 aromatic heterocycles. The second kappa shape index (κ2) is 11.9. The van der Waals surface area contributed by atoms with Crippen LogP contribution in [0.1, 0.15) is 37.0 Å². The Labute approximate surface area is 268 Å². The van der Waals surface area contributed by atoms with E-state index in [1.165, 1.54) is 55.3 Å². The minimum Gasteiger partial charge on any atom is -0.333 e. The van der Waals surface area contributed by atoms with Gasteiger partial charge in [-0.1, -0.05) is 128 Å². The van der Waals surface area contributed by atoms with E-state index < -0.39 is 0 Å². The summed E-state index contributed by atoms with van der Waals surface area (Å²) in [6.07, 6.45) is 5.98. The molecule has 0 fully saturated rings. The molecule has 0 N–H and O–H groups in total. The first kappa shape index (κ1) is 28.9. The number of aryl methyl sites for hydroxylation is 3. The van der Waals surface area contributed by atoms with Crippen molar-refractivity contribution in [2.24, 2.45) is 11.8 Å². The zero-order valence-corrected chi connectivity index (χ0v) is 27.0. The fourth-order valence-corrected chi connectivity index (χ4v) is 6.93. The highest BCUT2D eigenvalue weighted by molar-refractivity contribution is 6.22. The van der Waals surface area contributed by atoms with Gasteiger partial charge in [0.2, 0.25) is 0 Å². The van der Waals surface area contributed by atoms with Crippen LogP contribution in [0.3, 0.4) is 0 Å². The summed E-state index contributed by atoms with van der Waals surface area (Å²) in [6, 6.07) is 45.2.